The van der Waals surface area contributed by atoms with Gasteiger partial charge in [-0.2, -0.15) is 0 Å². The third-order valence-corrected chi connectivity index (χ3v) is 3.51. The van der Waals surface area contributed by atoms with Crippen molar-refractivity contribution in [3.63, 3.8) is 0 Å². The fraction of sp³-hybridized carbons (Fsp3) is 0.133. The molecule has 0 bridgehead atoms. The second-order valence-electron chi connectivity index (χ2n) is 4.35. The van der Waals surface area contributed by atoms with Crippen molar-refractivity contribution in [2.24, 2.45) is 0 Å². The van der Waals surface area contributed by atoms with Crippen LogP contribution in [0.5, 0.6) is 0 Å². The van der Waals surface area contributed by atoms with Gasteiger partial charge in [-0.15, -0.1) is 0 Å². The third kappa shape index (κ3) is 3.01. The Morgan fingerprint density at radius 3 is 2.53 bits per heavy atom. The van der Waals surface area contributed by atoms with Crippen molar-refractivity contribution in [1.29, 1.82) is 0 Å². The summed E-state index contributed by atoms with van der Waals surface area (Å²) in [7, 11) is 0. The van der Waals surface area contributed by atoms with Gasteiger partial charge in [-0.25, -0.2) is 4.39 Å². The average molecular weight is 322 g/mol. The first kappa shape index (κ1) is 13.7. The summed E-state index contributed by atoms with van der Waals surface area (Å²) >= 11 is 3.12. The molecule has 0 aliphatic carbocycles. The number of nitrogens with one attached hydrogen (secondary N) is 1. The third-order valence-electron chi connectivity index (χ3n) is 2.91. The van der Waals surface area contributed by atoms with E-state index in [9.17, 15) is 9.18 Å². The van der Waals surface area contributed by atoms with Gasteiger partial charge in [0.1, 0.15) is 5.82 Å². The molecule has 0 atom stereocenters. The van der Waals surface area contributed by atoms with Gasteiger partial charge >= 0.3 is 0 Å². The summed E-state index contributed by atoms with van der Waals surface area (Å²) in [6.07, 6.45) is 0. The molecule has 0 aliphatic heterocycles. The first-order valence-electron chi connectivity index (χ1n) is 5.81. The Balaban J connectivity index is 2.30. The number of anilines is 1. The summed E-state index contributed by atoms with van der Waals surface area (Å²) in [5.74, 6) is -0.631. The van der Waals surface area contributed by atoms with Crippen molar-refractivity contribution in [3.05, 3.63) is 63.4 Å². The van der Waals surface area contributed by atoms with E-state index >= 15 is 0 Å². The van der Waals surface area contributed by atoms with E-state index in [0.29, 0.717) is 15.7 Å². The highest BCUT2D eigenvalue weighted by molar-refractivity contribution is 9.10. The highest BCUT2D eigenvalue weighted by Crippen LogP contribution is 2.24. The summed E-state index contributed by atoms with van der Waals surface area (Å²) < 4.78 is 13.9. The predicted molar refractivity (Wildman–Crippen MR) is 78.0 cm³/mol. The van der Waals surface area contributed by atoms with Crippen molar-refractivity contribution < 1.29 is 9.18 Å². The molecule has 0 spiro atoms. The van der Waals surface area contributed by atoms with Gasteiger partial charge in [-0.1, -0.05) is 18.2 Å². The van der Waals surface area contributed by atoms with Crippen molar-refractivity contribution in [2.75, 3.05) is 5.32 Å². The fourth-order valence-electron chi connectivity index (χ4n) is 1.80. The number of carbonyl (C=O) groups is 1. The van der Waals surface area contributed by atoms with Gasteiger partial charge in [-0.05, 0) is 59.1 Å². The fourth-order valence-corrected chi connectivity index (χ4v) is 2.26. The molecule has 0 unspecified atom stereocenters. The van der Waals surface area contributed by atoms with E-state index in [1.54, 1.807) is 18.2 Å². The molecule has 19 heavy (non-hydrogen) atoms. The van der Waals surface area contributed by atoms with Crippen LogP contribution < -0.4 is 5.32 Å². The number of halogens is 2. The first-order valence-corrected chi connectivity index (χ1v) is 6.61. The van der Waals surface area contributed by atoms with Crippen LogP contribution in [0, 0.1) is 19.7 Å². The van der Waals surface area contributed by atoms with E-state index in [0.717, 1.165) is 11.1 Å². The van der Waals surface area contributed by atoms with Crippen LogP contribution in [0.25, 0.3) is 0 Å². The van der Waals surface area contributed by atoms with Gasteiger partial charge in [0.25, 0.3) is 5.91 Å². The van der Waals surface area contributed by atoms with Crippen LogP contribution in [0.15, 0.2) is 40.9 Å². The molecule has 4 heteroatoms. The molecule has 0 radical (unpaired) electrons. The molecule has 2 aromatic rings. The molecule has 2 aromatic carbocycles. The molecule has 0 saturated heterocycles. The molecule has 0 saturated carbocycles. The minimum atomic E-state index is -0.398. The number of hydrogen-bond acceptors (Lipinski definition) is 1. The quantitative estimate of drug-likeness (QED) is 0.869. The van der Waals surface area contributed by atoms with Gasteiger partial charge in [0.2, 0.25) is 0 Å². The zero-order valence-corrected chi connectivity index (χ0v) is 12.2. The lowest BCUT2D eigenvalue weighted by atomic mass is 10.1. The molecule has 2 nitrogen and oxygen atoms in total. The maximum atomic E-state index is 13.5. The summed E-state index contributed by atoms with van der Waals surface area (Å²) in [5, 5.41) is 2.74. The standard InChI is InChI=1S/C15H13BrFNO/c1-9-5-3-4-6-11(9)15(19)18-14-8-13(17)12(16)7-10(14)2/h3-8H,1-2H3,(H,18,19). The monoisotopic (exact) mass is 321 g/mol. The van der Waals surface area contributed by atoms with Crippen LogP contribution in [0.4, 0.5) is 10.1 Å². The van der Waals surface area contributed by atoms with Gasteiger partial charge < -0.3 is 5.32 Å². The smallest absolute Gasteiger partial charge is 0.255 e. The Morgan fingerprint density at radius 1 is 1.16 bits per heavy atom. The van der Waals surface area contributed by atoms with E-state index in [-0.39, 0.29) is 5.91 Å². The Labute approximate surface area is 119 Å². The molecule has 0 aliphatic rings. The van der Waals surface area contributed by atoms with Gasteiger partial charge in [0, 0.05) is 11.3 Å². The lowest BCUT2D eigenvalue weighted by Crippen LogP contribution is -2.14. The Morgan fingerprint density at radius 2 is 1.84 bits per heavy atom. The van der Waals surface area contributed by atoms with E-state index in [2.05, 4.69) is 21.2 Å². The van der Waals surface area contributed by atoms with Crippen LogP contribution in [-0.4, -0.2) is 5.91 Å². The van der Waals surface area contributed by atoms with Crippen LogP contribution in [0.2, 0.25) is 0 Å². The summed E-state index contributed by atoms with van der Waals surface area (Å²) in [6.45, 7) is 3.68. The van der Waals surface area contributed by atoms with Crippen LogP contribution in [0.3, 0.4) is 0 Å². The van der Waals surface area contributed by atoms with E-state index in [1.807, 2.05) is 26.0 Å². The second-order valence-corrected chi connectivity index (χ2v) is 5.20. The van der Waals surface area contributed by atoms with Crippen molar-refractivity contribution >= 4 is 27.5 Å². The molecule has 1 amide bonds. The van der Waals surface area contributed by atoms with E-state index < -0.39 is 5.82 Å². The van der Waals surface area contributed by atoms with Gasteiger partial charge in [-0.3, -0.25) is 4.79 Å². The zero-order valence-electron chi connectivity index (χ0n) is 10.6. The van der Waals surface area contributed by atoms with Crippen molar-refractivity contribution in [1.82, 2.24) is 0 Å². The topological polar surface area (TPSA) is 29.1 Å². The zero-order chi connectivity index (χ0) is 14.0. The van der Waals surface area contributed by atoms with Crippen molar-refractivity contribution in [3.8, 4) is 0 Å². The molecule has 98 valence electrons. The molecular formula is C15H13BrFNO. The number of amides is 1. The highest BCUT2D eigenvalue weighted by atomic mass is 79.9. The van der Waals surface area contributed by atoms with E-state index in [1.165, 1.54) is 6.07 Å². The minimum Gasteiger partial charge on any atom is -0.322 e. The normalized spacial score (nSPS) is 10.3. The number of benzene rings is 2. The Hall–Kier alpha value is -1.68. The molecule has 0 heterocycles. The second kappa shape index (κ2) is 5.53. The first-order chi connectivity index (χ1) is 8.99. The SMILES string of the molecule is Cc1cc(Br)c(F)cc1NC(=O)c1ccccc1C. The van der Waals surface area contributed by atoms with Gasteiger partial charge in [0.15, 0.2) is 0 Å². The molecule has 0 aromatic heterocycles. The summed E-state index contributed by atoms with van der Waals surface area (Å²) in [6, 6.07) is 10.2. The summed E-state index contributed by atoms with van der Waals surface area (Å²) in [4.78, 5) is 12.1. The maximum absolute atomic E-state index is 13.5. The van der Waals surface area contributed by atoms with Crippen LogP contribution in [0.1, 0.15) is 21.5 Å². The van der Waals surface area contributed by atoms with Crippen LogP contribution >= 0.6 is 15.9 Å². The molecule has 1 N–H and O–H groups in total. The van der Waals surface area contributed by atoms with Crippen LogP contribution in [-0.2, 0) is 0 Å². The molecule has 0 fully saturated rings. The Bertz CT molecular complexity index is 640. The largest absolute Gasteiger partial charge is 0.322 e. The average Bonchev–Trinajstić information content (AvgIpc) is 2.36. The van der Waals surface area contributed by atoms with E-state index in [4.69, 9.17) is 0 Å². The molecular weight excluding hydrogens is 309 g/mol. The van der Waals surface area contributed by atoms with Gasteiger partial charge in [0.05, 0.1) is 4.47 Å². The number of rotatable bonds is 2. The Kier molecular flexibility index (Phi) is 4.00. The lowest BCUT2D eigenvalue weighted by molar-refractivity contribution is 0.102. The lowest BCUT2D eigenvalue weighted by Gasteiger charge is -2.10. The van der Waals surface area contributed by atoms with Crippen molar-refractivity contribution in [2.45, 2.75) is 13.8 Å². The molecule has 2 rings (SSSR count). The number of aryl methyl sites for hydroxylation is 2. The minimum absolute atomic E-state index is 0.233. The predicted octanol–water partition coefficient (Wildman–Crippen LogP) is 4.46. The number of hydrogen-bond donors (Lipinski definition) is 1. The highest BCUT2D eigenvalue weighted by Gasteiger charge is 2.11. The summed E-state index contributed by atoms with van der Waals surface area (Å²) in [5.41, 5.74) is 2.75. The maximum Gasteiger partial charge on any atom is 0.255 e. The number of carbonyl (C=O) groups excluding carboxylic acids is 1.